The molecule has 1 heterocycles. The van der Waals surface area contributed by atoms with Gasteiger partial charge in [0.2, 0.25) is 10.0 Å². The van der Waals surface area contributed by atoms with E-state index in [0.29, 0.717) is 17.7 Å². The number of anilines is 1. The van der Waals surface area contributed by atoms with Gasteiger partial charge in [-0.25, -0.2) is 8.42 Å². The highest BCUT2D eigenvalue weighted by Crippen LogP contribution is 2.34. The van der Waals surface area contributed by atoms with Crippen LogP contribution in [-0.2, 0) is 16.4 Å². The van der Waals surface area contributed by atoms with Crippen LogP contribution in [0.4, 0.5) is 5.69 Å². The van der Waals surface area contributed by atoms with Crippen LogP contribution >= 0.6 is 0 Å². The molecule has 1 aliphatic rings. The molecule has 1 aliphatic heterocycles. The van der Waals surface area contributed by atoms with Gasteiger partial charge in [-0.05, 0) is 49.6 Å². The number of aryl methyl sites for hydroxylation is 1. The van der Waals surface area contributed by atoms with Gasteiger partial charge in [-0.3, -0.25) is 9.10 Å². The summed E-state index contributed by atoms with van der Waals surface area (Å²) in [6.07, 6.45) is 0.964. The van der Waals surface area contributed by atoms with Crippen molar-refractivity contribution in [3.05, 3.63) is 64.7 Å². The molecule has 0 aromatic heterocycles. The molecule has 7 heteroatoms. The van der Waals surface area contributed by atoms with E-state index in [1.165, 1.54) is 10.6 Å². The number of benzene rings is 2. The van der Waals surface area contributed by atoms with Gasteiger partial charge in [-0.15, -0.1) is 0 Å². The van der Waals surface area contributed by atoms with Crippen LogP contribution in [0.3, 0.4) is 0 Å². The molecule has 144 valence electrons. The number of carbonyl (C=O) groups excluding carboxylic acids is 1. The fraction of sp³-hybridized carbons (Fsp3) is 0.350. The number of nitrogens with one attached hydrogen (secondary N) is 1. The first-order chi connectivity index (χ1) is 12.7. The van der Waals surface area contributed by atoms with Gasteiger partial charge in [0.25, 0.3) is 5.91 Å². The highest BCUT2D eigenvalue weighted by molar-refractivity contribution is 7.92. The van der Waals surface area contributed by atoms with E-state index in [1.54, 1.807) is 18.2 Å². The quantitative estimate of drug-likeness (QED) is 0.822. The van der Waals surface area contributed by atoms with Crippen molar-refractivity contribution >= 4 is 21.6 Å². The molecule has 1 amide bonds. The molecule has 0 aliphatic carbocycles. The highest BCUT2D eigenvalue weighted by Gasteiger charge is 2.32. The number of aliphatic hydroxyl groups is 1. The number of fused-ring (bicyclic) bond motifs is 1. The fourth-order valence-electron chi connectivity index (χ4n) is 3.45. The summed E-state index contributed by atoms with van der Waals surface area (Å²) in [5.41, 5.74) is 3.76. The highest BCUT2D eigenvalue weighted by atomic mass is 32.2. The smallest absolute Gasteiger partial charge is 0.251 e. The average Bonchev–Trinajstić information content (AvgIpc) is 2.94. The monoisotopic (exact) mass is 388 g/mol. The van der Waals surface area contributed by atoms with Crippen molar-refractivity contribution in [1.82, 2.24) is 5.32 Å². The Bertz CT molecular complexity index is 954. The zero-order chi connectivity index (χ0) is 19.8. The molecule has 0 bridgehead atoms. The molecule has 0 saturated heterocycles. The van der Waals surface area contributed by atoms with Gasteiger partial charge in [-0.2, -0.15) is 0 Å². The van der Waals surface area contributed by atoms with E-state index in [0.717, 1.165) is 16.7 Å². The fourth-order valence-corrected chi connectivity index (χ4v) is 4.71. The molecule has 0 radical (unpaired) electrons. The third kappa shape index (κ3) is 4.14. The van der Waals surface area contributed by atoms with Gasteiger partial charge in [0.1, 0.15) is 0 Å². The molecule has 0 saturated carbocycles. The van der Waals surface area contributed by atoms with Crippen LogP contribution < -0.4 is 9.62 Å². The largest absolute Gasteiger partial charge is 0.387 e. The Morgan fingerprint density at radius 3 is 2.56 bits per heavy atom. The summed E-state index contributed by atoms with van der Waals surface area (Å²) in [5, 5.41) is 13.0. The van der Waals surface area contributed by atoms with Crippen molar-refractivity contribution in [2.24, 2.45) is 0 Å². The number of sulfonamides is 1. The predicted octanol–water partition coefficient (Wildman–Crippen LogP) is 2.17. The zero-order valence-electron chi connectivity index (χ0n) is 15.6. The van der Waals surface area contributed by atoms with Crippen molar-refractivity contribution in [2.75, 3.05) is 17.1 Å². The Morgan fingerprint density at radius 2 is 1.93 bits per heavy atom. The van der Waals surface area contributed by atoms with E-state index >= 15 is 0 Å². The van der Waals surface area contributed by atoms with E-state index in [9.17, 15) is 18.3 Å². The normalized spacial score (nSPS) is 17.5. The minimum atomic E-state index is -3.35. The van der Waals surface area contributed by atoms with E-state index in [-0.39, 0.29) is 18.5 Å². The van der Waals surface area contributed by atoms with Gasteiger partial charge in [0.05, 0.1) is 18.0 Å². The molecule has 3 rings (SSSR count). The van der Waals surface area contributed by atoms with Crippen molar-refractivity contribution in [3.63, 3.8) is 0 Å². The SMILES string of the molecule is Cc1ccc([C@@H](O)CNC(=O)c2ccc3c(c2)C[C@H](C)N3S(C)(=O)=O)cc1. The van der Waals surface area contributed by atoms with Crippen LogP contribution in [0.1, 0.15) is 40.1 Å². The maximum absolute atomic E-state index is 12.4. The number of rotatable bonds is 5. The number of aliphatic hydroxyl groups excluding tert-OH is 1. The van der Waals surface area contributed by atoms with Crippen LogP contribution in [0.2, 0.25) is 0 Å². The lowest BCUT2D eigenvalue weighted by Crippen LogP contribution is -2.34. The Labute approximate surface area is 159 Å². The summed E-state index contributed by atoms with van der Waals surface area (Å²) in [4.78, 5) is 12.4. The molecule has 27 heavy (non-hydrogen) atoms. The summed E-state index contributed by atoms with van der Waals surface area (Å²) in [6.45, 7) is 3.92. The van der Waals surface area contributed by atoms with Crippen LogP contribution in [0.15, 0.2) is 42.5 Å². The van der Waals surface area contributed by atoms with Gasteiger partial charge in [-0.1, -0.05) is 29.8 Å². The summed E-state index contributed by atoms with van der Waals surface area (Å²) < 4.78 is 25.3. The minimum Gasteiger partial charge on any atom is -0.387 e. The van der Waals surface area contributed by atoms with Gasteiger partial charge < -0.3 is 10.4 Å². The van der Waals surface area contributed by atoms with Crippen LogP contribution in [0, 0.1) is 6.92 Å². The molecule has 2 atom stereocenters. The first kappa shape index (κ1) is 19.4. The molecule has 2 aromatic rings. The van der Waals surface area contributed by atoms with E-state index in [1.807, 2.05) is 38.1 Å². The topological polar surface area (TPSA) is 86.7 Å². The molecule has 0 fully saturated rings. The zero-order valence-corrected chi connectivity index (χ0v) is 16.5. The van der Waals surface area contributed by atoms with Gasteiger partial charge in [0.15, 0.2) is 0 Å². The van der Waals surface area contributed by atoms with Crippen molar-refractivity contribution in [3.8, 4) is 0 Å². The lowest BCUT2D eigenvalue weighted by Gasteiger charge is -2.22. The van der Waals surface area contributed by atoms with Crippen molar-refractivity contribution in [2.45, 2.75) is 32.4 Å². The lowest BCUT2D eigenvalue weighted by atomic mass is 10.1. The first-order valence-corrected chi connectivity index (χ1v) is 10.7. The number of hydrogen-bond acceptors (Lipinski definition) is 4. The summed E-state index contributed by atoms with van der Waals surface area (Å²) >= 11 is 0. The second kappa shape index (κ2) is 7.32. The molecule has 2 N–H and O–H groups in total. The van der Waals surface area contributed by atoms with E-state index in [2.05, 4.69) is 5.32 Å². The summed E-state index contributed by atoms with van der Waals surface area (Å²) in [5.74, 6) is -0.297. The molecule has 6 nitrogen and oxygen atoms in total. The third-order valence-electron chi connectivity index (χ3n) is 4.77. The molecule has 2 aromatic carbocycles. The number of carbonyl (C=O) groups is 1. The molecule has 0 spiro atoms. The molecular formula is C20H24N2O4S. The Kier molecular flexibility index (Phi) is 5.26. The minimum absolute atomic E-state index is 0.102. The Balaban J connectivity index is 1.70. The summed E-state index contributed by atoms with van der Waals surface area (Å²) in [7, 11) is -3.35. The summed E-state index contributed by atoms with van der Waals surface area (Å²) in [6, 6.07) is 12.3. The number of nitrogens with zero attached hydrogens (tertiary/aromatic N) is 1. The van der Waals surface area contributed by atoms with Gasteiger partial charge in [0, 0.05) is 18.2 Å². The Morgan fingerprint density at radius 1 is 1.26 bits per heavy atom. The predicted molar refractivity (Wildman–Crippen MR) is 105 cm³/mol. The lowest BCUT2D eigenvalue weighted by molar-refractivity contribution is 0.0916. The van der Waals surface area contributed by atoms with Crippen LogP contribution in [-0.4, -0.2) is 38.3 Å². The maximum Gasteiger partial charge on any atom is 0.251 e. The number of amides is 1. The maximum atomic E-state index is 12.4. The third-order valence-corrected chi connectivity index (χ3v) is 6.04. The molecular weight excluding hydrogens is 364 g/mol. The standard InChI is InChI=1S/C20H24N2O4S/c1-13-4-6-15(7-5-13)19(23)12-21-20(24)16-8-9-18-17(11-16)10-14(2)22(18)27(3,25)26/h4-9,11,14,19,23H,10,12H2,1-3H3,(H,21,24)/t14-,19-/m0/s1. The van der Waals surface area contributed by atoms with Crippen molar-refractivity contribution < 1.29 is 18.3 Å². The Hall–Kier alpha value is -2.38. The van der Waals surface area contributed by atoms with Gasteiger partial charge >= 0.3 is 0 Å². The average molecular weight is 388 g/mol. The van der Waals surface area contributed by atoms with Crippen molar-refractivity contribution in [1.29, 1.82) is 0 Å². The van der Waals surface area contributed by atoms with E-state index < -0.39 is 16.1 Å². The van der Waals surface area contributed by atoms with E-state index in [4.69, 9.17) is 0 Å². The van der Waals surface area contributed by atoms with Crippen LogP contribution in [0.5, 0.6) is 0 Å². The second-order valence-electron chi connectivity index (χ2n) is 7.09. The first-order valence-electron chi connectivity index (χ1n) is 8.82. The number of hydrogen-bond donors (Lipinski definition) is 2. The van der Waals surface area contributed by atoms with Crippen LogP contribution in [0.25, 0.3) is 0 Å². The second-order valence-corrected chi connectivity index (χ2v) is 8.95. The molecule has 0 unspecified atom stereocenters.